The smallest absolute Gasteiger partial charge is 0.302 e. The predicted octanol–water partition coefficient (Wildman–Crippen LogP) is 5.24. The molecule has 4 unspecified atom stereocenters. The molecule has 4 aliphatic carbocycles. The molecular weight excluding hydrogens is 408 g/mol. The van der Waals surface area contributed by atoms with Gasteiger partial charge in [-0.3, -0.25) is 14.9 Å². The Kier molecular flexibility index (Phi) is 5.91. The first-order valence-corrected chi connectivity index (χ1v) is 12.2. The van der Waals surface area contributed by atoms with Gasteiger partial charge in [0.15, 0.2) is 0 Å². The zero-order chi connectivity index (χ0) is 23.4. The van der Waals surface area contributed by atoms with Gasteiger partial charge in [-0.15, -0.1) is 0 Å². The van der Waals surface area contributed by atoms with E-state index >= 15 is 0 Å². The van der Waals surface area contributed by atoms with Crippen LogP contribution in [0, 0.1) is 50.5 Å². The number of fused-ring (bicyclic) bond motifs is 5. The highest BCUT2D eigenvalue weighted by Crippen LogP contribution is 2.68. The lowest BCUT2D eigenvalue weighted by atomic mass is 9.47. The summed E-state index contributed by atoms with van der Waals surface area (Å²) in [6, 6.07) is -0.651. The Morgan fingerprint density at radius 3 is 2.62 bits per heavy atom. The normalized spacial score (nSPS) is 44.5. The van der Waals surface area contributed by atoms with Crippen molar-refractivity contribution in [2.45, 2.75) is 91.7 Å². The van der Waals surface area contributed by atoms with Crippen molar-refractivity contribution in [2.75, 3.05) is 0 Å². The molecule has 0 bridgehead atoms. The van der Waals surface area contributed by atoms with Crippen molar-refractivity contribution in [3.8, 4) is 0 Å². The van der Waals surface area contributed by atoms with E-state index in [9.17, 15) is 20.1 Å². The van der Waals surface area contributed by atoms with Crippen LogP contribution in [0.3, 0.4) is 0 Å². The van der Waals surface area contributed by atoms with Crippen molar-refractivity contribution >= 4 is 11.7 Å². The van der Waals surface area contributed by atoms with Crippen molar-refractivity contribution in [2.24, 2.45) is 45.6 Å². The van der Waals surface area contributed by atoms with E-state index in [0.29, 0.717) is 23.5 Å². The average Bonchev–Trinajstić information content (AvgIpc) is 3.05. The highest BCUT2D eigenvalue weighted by molar-refractivity contribution is 5.85. The minimum Gasteiger partial charge on any atom is -0.462 e. The van der Waals surface area contributed by atoms with E-state index in [0.717, 1.165) is 44.9 Å². The van der Waals surface area contributed by atoms with Crippen molar-refractivity contribution in [1.82, 2.24) is 0 Å². The van der Waals surface area contributed by atoms with Crippen molar-refractivity contribution in [3.05, 3.63) is 21.8 Å². The fourth-order valence-corrected chi connectivity index (χ4v) is 8.54. The third kappa shape index (κ3) is 3.47. The van der Waals surface area contributed by atoms with Gasteiger partial charge in [-0.2, -0.15) is 0 Å². The maximum Gasteiger partial charge on any atom is 0.302 e. The predicted molar refractivity (Wildman–Crippen MR) is 121 cm³/mol. The number of allylic oxidation sites excluding steroid dienone is 1. The molecule has 0 aromatic heterocycles. The number of hydrogen-bond acceptors (Lipinski definition) is 6. The first-order valence-electron chi connectivity index (χ1n) is 12.2. The molecule has 0 amide bonds. The van der Waals surface area contributed by atoms with Gasteiger partial charge in [0, 0.05) is 37.0 Å². The molecule has 7 nitrogen and oxygen atoms in total. The zero-order valence-electron chi connectivity index (χ0n) is 20.0. The van der Waals surface area contributed by atoms with Crippen LogP contribution in [0.4, 0.5) is 0 Å². The molecule has 9 atom stereocenters. The molecule has 0 spiro atoms. The van der Waals surface area contributed by atoms with Crippen LogP contribution >= 0.6 is 0 Å². The van der Waals surface area contributed by atoms with Crippen LogP contribution in [-0.4, -0.2) is 34.0 Å². The summed E-state index contributed by atoms with van der Waals surface area (Å²) in [5.74, 6) is 1.06. The second-order valence-corrected chi connectivity index (χ2v) is 11.4. The molecule has 7 heteroatoms. The van der Waals surface area contributed by atoms with Gasteiger partial charge in [0.2, 0.25) is 6.04 Å². The van der Waals surface area contributed by atoms with E-state index in [1.165, 1.54) is 12.5 Å². The summed E-state index contributed by atoms with van der Waals surface area (Å²) in [5.41, 5.74) is 2.12. The number of nitro groups is 1. The molecule has 1 N–H and O–H groups in total. The Morgan fingerprint density at radius 1 is 1.28 bits per heavy atom. The lowest BCUT2D eigenvalue weighted by molar-refractivity contribution is -0.528. The Hall–Kier alpha value is -1.92. The topological polar surface area (TPSA) is 102 Å². The van der Waals surface area contributed by atoms with Crippen molar-refractivity contribution in [3.63, 3.8) is 0 Å². The van der Waals surface area contributed by atoms with Crippen molar-refractivity contribution < 1.29 is 19.7 Å². The highest BCUT2D eigenvalue weighted by Gasteiger charge is 2.63. The van der Waals surface area contributed by atoms with Crippen LogP contribution in [0.5, 0.6) is 0 Å². The van der Waals surface area contributed by atoms with Crippen LogP contribution in [0.25, 0.3) is 0 Å². The van der Waals surface area contributed by atoms with Gasteiger partial charge in [0.05, 0.1) is 5.71 Å². The van der Waals surface area contributed by atoms with Crippen LogP contribution in [-0.2, 0) is 9.53 Å². The van der Waals surface area contributed by atoms with E-state index in [-0.39, 0.29) is 39.7 Å². The monoisotopic (exact) mass is 446 g/mol. The number of carbonyl (C=O) groups is 1. The van der Waals surface area contributed by atoms with Crippen molar-refractivity contribution in [1.29, 1.82) is 0 Å². The van der Waals surface area contributed by atoms with Gasteiger partial charge in [-0.1, -0.05) is 30.7 Å². The first-order chi connectivity index (χ1) is 15.0. The fraction of sp³-hybridized carbons (Fsp3) is 0.840. The second kappa shape index (κ2) is 8.14. The minimum absolute atomic E-state index is 0.0122. The molecule has 4 aliphatic rings. The quantitative estimate of drug-likeness (QED) is 0.159. The third-order valence-electron chi connectivity index (χ3n) is 10.1. The summed E-state index contributed by atoms with van der Waals surface area (Å²) in [7, 11) is 0. The summed E-state index contributed by atoms with van der Waals surface area (Å²) < 4.78 is 5.54. The molecule has 3 saturated carbocycles. The average molecular weight is 447 g/mol. The zero-order valence-corrected chi connectivity index (χ0v) is 20.0. The first kappa shape index (κ1) is 23.2. The Balaban J connectivity index is 1.65. The largest absolute Gasteiger partial charge is 0.462 e. The second-order valence-electron chi connectivity index (χ2n) is 11.4. The molecule has 178 valence electrons. The van der Waals surface area contributed by atoms with Gasteiger partial charge in [-0.05, 0) is 74.0 Å². The molecule has 0 aromatic rings. The summed E-state index contributed by atoms with van der Waals surface area (Å²) in [4.78, 5) is 23.1. The van der Waals surface area contributed by atoms with E-state index in [2.05, 4.69) is 25.1 Å². The number of hydrogen-bond donors (Lipinski definition) is 1. The highest BCUT2D eigenvalue weighted by atomic mass is 16.6. The molecule has 3 fully saturated rings. The SMILES string of the molecule is CC(=O)O[C@@H]1CC[C@@]2(C)C(=CCC3C2CC[C@@]2(C)C3C[C@H](C(C)[N+](=O)[O-])[C@H]2C(C)=NO)C1. The summed E-state index contributed by atoms with van der Waals surface area (Å²) >= 11 is 0. The molecule has 0 aliphatic heterocycles. The maximum atomic E-state index is 11.7. The minimum atomic E-state index is -0.651. The van der Waals surface area contributed by atoms with Gasteiger partial charge in [0.25, 0.3) is 0 Å². The van der Waals surface area contributed by atoms with Gasteiger partial charge >= 0.3 is 5.97 Å². The fourth-order valence-electron chi connectivity index (χ4n) is 8.54. The van der Waals surface area contributed by atoms with Crippen LogP contribution in [0.1, 0.15) is 79.6 Å². The summed E-state index contributed by atoms with van der Waals surface area (Å²) in [5, 5.41) is 24.9. The third-order valence-corrected chi connectivity index (χ3v) is 10.1. The van der Waals surface area contributed by atoms with Gasteiger partial charge in [0.1, 0.15) is 6.10 Å². The lowest BCUT2D eigenvalue weighted by Gasteiger charge is -2.58. The molecule has 0 heterocycles. The molecule has 0 radical (unpaired) electrons. The van der Waals surface area contributed by atoms with Crippen LogP contribution in [0.2, 0.25) is 0 Å². The molecule has 0 saturated heterocycles. The van der Waals surface area contributed by atoms with Crippen LogP contribution in [0.15, 0.2) is 16.8 Å². The molecule has 0 aromatic carbocycles. The van der Waals surface area contributed by atoms with E-state index in [1.807, 2.05) is 6.92 Å². The Morgan fingerprint density at radius 2 is 2.00 bits per heavy atom. The number of carbonyl (C=O) groups excluding carboxylic acids is 1. The Labute approximate surface area is 190 Å². The van der Waals surface area contributed by atoms with E-state index in [1.54, 1.807) is 6.92 Å². The maximum absolute atomic E-state index is 11.7. The van der Waals surface area contributed by atoms with Gasteiger partial charge in [-0.25, -0.2) is 0 Å². The number of rotatable bonds is 4. The summed E-state index contributed by atoms with van der Waals surface area (Å²) in [6.07, 6.45) is 9.07. The lowest BCUT2D eigenvalue weighted by Crippen LogP contribution is -2.51. The van der Waals surface area contributed by atoms with Crippen LogP contribution < -0.4 is 0 Å². The standard InChI is InChI=1S/C25H38N2O5/c1-14(26-29)23-20(15(2)27(30)31)13-22-19-7-6-17-12-18(32-16(3)28)8-10-24(17,4)21(19)9-11-25(22,23)5/h6,15,18-23,29H,7-13H2,1-5H3/t15?,18-,19?,20-,21?,22?,23-,24+,25+/m1/s1. The Bertz CT molecular complexity index is 853. The van der Waals surface area contributed by atoms with E-state index in [4.69, 9.17) is 4.74 Å². The molecule has 32 heavy (non-hydrogen) atoms. The van der Waals surface area contributed by atoms with E-state index < -0.39 is 6.04 Å². The molecular formula is C25H38N2O5. The number of nitrogens with zero attached hydrogens (tertiary/aromatic N) is 2. The summed E-state index contributed by atoms with van der Waals surface area (Å²) in [6.45, 7) is 9.72. The van der Waals surface area contributed by atoms with Gasteiger partial charge < -0.3 is 9.94 Å². The number of esters is 1. The number of ether oxygens (including phenoxy) is 1. The number of oxime groups is 1. The molecule has 4 rings (SSSR count).